The number of rotatable bonds is 4. The van der Waals surface area contributed by atoms with Gasteiger partial charge in [-0.1, -0.05) is 140 Å². The molecule has 0 radical (unpaired) electrons. The first kappa shape index (κ1) is 27.5. The molecule has 49 heavy (non-hydrogen) atoms. The van der Waals surface area contributed by atoms with Crippen LogP contribution in [0.2, 0.25) is 0 Å². The van der Waals surface area contributed by atoms with E-state index in [1.165, 1.54) is 32.3 Å². The Bertz CT molecular complexity index is 2820. The van der Waals surface area contributed by atoms with Crippen molar-refractivity contribution >= 4 is 54.3 Å². The van der Waals surface area contributed by atoms with Crippen molar-refractivity contribution < 1.29 is 4.42 Å². The van der Waals surface area contributed by atoms with Gasteiger partial charge in [0.15, 0.2) is 17.5 Å². The lowest BCUT2D eigenvalue weighted by Gasteiger charge is -2.10. The maximum absolute atomic E-state index is 6.53. The number of nitrogens with zero attached hydrogens (tertiary/aromatic N) is 3. The molecule has 0 atom stereocenters. The van der Waals surface area contributed by atoms with Crippen LogP contribution in [0, 0.1) is 0 Å². The van der Waals surface area contributed by atoms with Crippen molar-refractivity contribution in [1.82, 2.24) is 15.0 Å². The van der Waals surface area contributed by atoms with E-state index in [9.17, 15) is 0 Å². The molecule has 0 bridgehead atoms. The van der Waals surface area contributed by atoms with E-state index in [0.29, 0.717) is 17.5 Å². The first-order valence-corrected chi connectivity index (χ1v) is 16.4. The molecule has 0 unspecified atom stereocenters. The summed E-state index contributed by atoms with van der Waals surface area (Å²) in [6.45, 7) is 0. The van der Waals surface area contributed by atoms with Gasteiger partial charge >= 0.3 is 0 Å². The molecule has 8 aromatic carbocycles. The summed E-state index contributed by atoms with van der Waals surface area (Å²) in [5.41, 5.74) is 6.65. The second-order valence-electron chi connectivity index (χ2n) is 12.4. The summed E-state index contributed by atoms with van der Waals surface area (Å²) < 4.78 is 6.53. The van der Waals surface area contributed by atoms with Gasteiger partial charge in [-0.3, -0.25) is 0 Å². The summed E-state index contributed by atoms with van der Waals surface area (Å²) in [5, 5.41) is 9.57. The van der Waals surface area contributed by atoms with Crippen molar-refractivity contribution in [2.75, 3.05) is 0 Å². The van der Waals surface area contributed by atoms with Crippen LogP contribution in [0.4, 0.5) is 0 Å². The summed E-state index contributed by atoms with van der Waals surface area (Å²) in [4.78, 5) is 14.9. The van der Waals surface area contributed by atoms with Gasteiger partial charge in [0.1, 0.15) is 11.2 Å². The van der Waals surface area contributed by atoms with E-state index in [1.807, 2.05) is 72.8 Å². The highest BCUT2D eigenvalue weighted by molar-refractivity contribution is 6.20. The fraction of sp³-hybridized carbons (Fsp3) is 0. The molecule has 2 aromatic heterocycles. The Morgan fingerprint density at radius 3 is 1.67 bits per heavy atom. The molecule has 0 N–H and O–H groups in total. The third kappa shape index (κ3) is 4.57. The molecule has 0 fully saturated rings. The van der Waals surface area contributed by atoms with E-state index < -0.39 is 0 Å². The highest BCUT2D eigenvalue weighted by atomic mass is 16.3. The first-order valence-electron chi connectivity index (χ1n) is 16.4. The van der Waals surface area contributed by atoms with Gasteiger partial charge in [-0.05, 0) is 67.7 Å². The molecule has 0 aliphatic heterocycles. The van der Waals surface area contributed by atoms with Gasteiger partial charge in [-0.25, -0.2) is 15.0 Å². The molecule has 4 nitrogen and oxygen atoms in total. The quantitative estimate of drug-likeness (QED) is 0.183. The van der Waals surface area contributed by atoms with Crippen molar-refractivity contribution in [1.29, 1.82) is 0 Å². The molecule has 0 spiro atoms. The van der Waals surface area contributed by atoms with Gasteiger partial charge in [0.05, 0.1) is 0 Å². The Kier molecular flexibility index (Phi) is 6.15. The lowest BCUT2D eigenvalue weighted by atomic mass is 9.94. The van der Waals surface area contributed by atoms with Crippen molar-refractivity contribution in [2.45, 2.75) is 0 Å². The topological polar surface area (TPSA) is 51.8 Å². The van der Waals surface area contributed by atoms with Crippen LogP contribution in [0.25, 0.3) is 99.5 Å². The van der Waals surface area contributed by atoms with Crippen LogP contribution < -0.4 is 0 Å². The summed E-state index contributed by atoms with van der Waals surface area (Å²) in [6, 6.07) is 57.0. The Balaban J connectivity index is 1.12. The average Bonchev–Trinajstić information content (AvgIpc) is 3.56. The Hall–Kier alpha value is -6.65. The maximum atomic E-state index is 6.53. The molecule has 0 aliphatic carbocycles. The zero-order valence-electron chi connectivity index (χ0n) is 26.3. The number of hydrogen-bond donors (Lipinski definition) is 0. The summed E-state index contributed by atoms with van der Waals surface area (Å²) in [5.74, 6) is 1.88. The number of hydrogen-bond acceptors (Lipinski definition) is 4. The van der Waals surface area contributed by atoms with Crippen molar-refractivity contribution in [3.05, 3.63) is 164 Å². The highest BCUT2D eigenvalue weighted by Gasteiger charge is 2.18. The molecule has 0 aliphatic rings. The van der Waals surface area contributed by atoms with Gasteiger partial charge < -0.3 is 4.42 Å². The molecular formula is C45H27N3O. The lowest BCUT2D eigenvalue weighted by Crippen LogP contribution is -2.00. The van der Waals surface area contributed by atoms with Crippen LogP contribution in [0.3, 0.4) is 0 Å². The van der Waals surface area contributed by atoms with Crippen LogP contribution in [-0.4, -0.2) is 15.0 Å². The van der Waals surface area contributed by atoms with Crippen LogP contribution in [0.15, 0.2) is 168 Å². The number of benzene rings is 8. The fourth-order valence-electron chi connectivity index (χ4n) is 7.14. The van der Waals surface area contributed by atoms with Gasteiger partial charge in [0, 0.05) is 27.5 Å². The zero-order chi connectivity index (χ0) is 32.3. The maximum Gasteiger partial charge on any atom is 0.164 e. The van der Waals surface area contributed by atoms with E-state index in [-0.39, 0.29) is 0 Å². The third-order valence-electron chi connectivity index (χ3n) is 9.50. The fourth-order valence-corrected chi connectivity index (χ4v) is 7.14. The Morgan fingerprint density at radius 1 is 0.327 bits per heavy atom. The smallest absolute Gasteiger partial charge is 0.164 e. The minimum atomic E-state index is 0.611. The normalized spacial score (nSPS) is 11.7. The number of fused-ring (bicyclic) bond motifs is 8. The molecule has 0 saturated carbocycles. The van der Waals surface area contributed by atoms with Crippen LogP contribution in [-0.2, 0) is 0 Å². The van der Waals surface area contributed by atoms with E-state index in [1.54, 1.807) is 0 Å². The first-order chi connectivity index (χ1) is 24.3. The largest absolute Gasteiger partial charge is 0.456 e. The van der Waals surface area contributed by atoms with Crippen LogP contribution in [0.5, 0.6) is 0 Å². The molecule has 0 saturated heterocycles. The summed E-state index contributed by atoms with van der Waals surface area (Å²) in [6.07, 6.45) is 0. The molecule has 2 heterocycles. The summed E-state index contributed by atoms with van der Waals surface area (Å²) in [7, 11) is 0. The monoisotopic (exact) mass is 625 g/mol. The standard InChI is InChI=1S/C45H27N3O/c1-3-11-30(12-4-1)43-46-44(31-13-5-2-6-14-31)48-45(47-43)38-16-9-17-39-42(38)37-25-23-33(27-40(37)49-39)32-22-24-36-34(26-32)21-20-29-19-18-28-10-7-8-15-35(28)41(29)36/h1-27H. The van der Waals surface area contributed by atoms with Crippen molar-refractivity contribution in [3.63, 3.8) is 0 Å². The number of furan rings is 1. The molecular weight excluding hydrogens is 599 g/mol. The van der Waals surface area contributed by atoms with Crippen LogP contribution in [0.1, 0.15) is 0 Å². The van der Waals surface area contributed by atoms with Gasteiger partial charge in [-0.15, -0.1) is 0 Å². The van der Waals surface area contributed by atoms with E-state index in [2.05, 4.69) is 91.0 Å². The second-order valence-corrected chi connectivity index (χ2v) is 12.4. The van der Waals surface area contributed by atoms with Crippen molar-refractivity contribution in [2.24, 2.45) is 0 Å². The van der Waals surface area contributed by atoms with Crippen LogP contribution >= 0.6 is 0 Å². The minimum Gasteiger partial charge on any atom is -0.456 e. The molecule has 228 valence electrons. The highest BCUT2D eigenvalue weighted by Crippen LogP contribution is 2.39. The summed E-state index contributed by atoms with van der Waals surface area (Å²) >= 11 is 0. The average molecular weight is 626 g/mol. The van der Waals surface area contributed by atoms with E-state index in [0.717, 1.165) is 49.8 Å². The lowest BCUT2D eigenvalue weighted by molar-refractivity contribution is 0.669. The van der Waals surface area contributed by atoms with E-state index in [4.69, 9.17) is 19.4 Å². The molecule has 0 amide bonds. The van der Waals surface area contributed by atoms with Gasteiger partial charge in [0.2, 0.25) is 0 Å². The molecule has 10 aromatic rings. The molecule has 4 heteroatoms. The molecule has 10 rings (SSSR count). The van der Waals surface area contributed by atoms with E-state index >= 15 is 0 Å². The van der Waals surface area contributed by atoms with Gasteiger partial charge in [-0.2, -0.15) is 0 Å². The Labute approximate surface area is 282 Å². The Morgan fingerprint density at radius 2 is 0.918 bits per heavy atom. The second kappa shape index (κ2) is 11.0. The van der Waals surface area contributed by atoms with Crippen molar-refractivity contribution in [3.8, 4) is 45.3 Å². The predicted molar refractivity (Wildman–Crippen MR) is 201 cm³/mol. The SMILES string of the molecule is c1ccc(-c2nc(-c3ccccc3)nc(-c3cccc4oc5cc(-c6ccc7c(ccc8ccc9ccccc9c87)c6)ccc5c34)n2)cc1. The predicted octanol–water partition coefficient (Wildman–Crippen LogP) is 11.9. The zero-order valence-corrected chi connectivity index (χ0v) is 26.3. The third-order valence-corrected chi connectivity index (χ3v) is 9.50. The van der Waals surface area contributed by atoms with Gasteiger partial charge in [0.25, 0.3) is 0 Å². The minimum absolute atomic E-state index is 0.611. The number of aromatic nitrogens is 3.